The van der Waals surface area contributed by atoms with E-state index in [9.17, 15) is 0 Å². The van der Waals surface area contributed by atoms with E-state index in [4.69, 9.17) is 4.74 Å². The van der Waals surface area contributed by atoms with E-state index in [0.717, 1.165) is 36.8 Å². The van der Waals surface area contributed by atoms with Crippen molar-refractivity contribution >= 4 is 0 Å². The Morgan fingerprint density at radius 1 is 1.16 bits per heavy atom. The fraction of sp³-hybridized carbons (Fsp3) is 1.00. The number of rotatable bonds is 3. The molecular weight excluding hydrogens is 234 g/mol. The lowest BCUT2D eigenvalue weighted by molar-refractivity contribution is -0.0663. The molecule has 2 heteroatoms. The van der Waals surface area contributed by atoms with Gasteiger partial charge in [0, 0.05) is 18.7 Å². The average molecular weight is 267 g/mol. The second-order valence-electron chi connectivity index (χ2n) is 7.90. The van der Waals surface area contributed by atoms with Crippen LogP contribution in [0.1, 0.15) is 66.7 Å². The van der Waals surface area contributed by atoms with Crippen LogP contribution in [-0.2, 0) is 4.74 Å². The molecule has 2 aliphatic rings. The summed E-state index contributed by atoms with van der Waals surface area (Å²) in [5.41, 5.74) is 0.0591. The van der Waals surface area contributed by atoms with Crippen molar-refractivity contribution in [1.29, 1.82) is 0 Å². The molecule has 1 heterocycles. The fourth-order valence-electron chi connectivity index (χ4n) is 4.07. The van der Waals surface area contributed by atoms with Gasteiger partial charge in [-0.2, -0.15) is 0 Å². The second-order valence-corrected chi connectivity index (χ2v) is 7.90. The first kappa shape index (κ1) is 15.3. The number of hydrogen-bond donors (Lipinski definition) is 1. The minimum Gasteiger partial charge on any atom is -0.375 e. The lowest BCUT2D eigenvalue weighted by atomic mass is 9.73. The summed E-state index contributed by atoms with van der Waals surface area (Å²) in [6, 6.07) is 1.38. The molecule has 19 heavy (non-hydrogen) atoms. The third-order valence-electron chi connectivity index (χ3n) is 5.17. The first-order valence-electron chi connectivity index (χ1n) is 8.27. The van der Waals surface area contributed by atoms with Crippen LogP contribution in [0.2, 0.25) is 0 Å². The molecule has 0 aromatic carbocycles. The van der Waals surface area contributed by atoms with Gasteiger partial charge in [-0.25, -0.2) is 0 Å². The zero-order valence-electron chi connectivity index (χ0n) is 13.5. The first-order chi connectivity index (χ1) is 8.87. The van der Waals surface area contributed by atoms with Crippen LogP contribution < -0.4 is 5.32 Å². The summed E-state index contributed by atoms with van der Waals surface area (Å²) in [5.74, 6) is 2.56. The lowest BCUT2D eigenvalue weighted by Crippen LogP contribution is -2.51. The van der Waals surface area contributed by atoms with Crippen molar-refractivity contribution in [2.24, 2.45) is 17.8 Å². The van der Waals surface area contributed by atoms with Crippen molar-refractivity contribution in [3.63, 3.8) is 0 Å². The zero-order valence-corrected chi connectivity index (χ0v) is 13.5. The van der Waals surface area contributed by atoms with Crippen molar-refractivity contribution < 1.29 is 4.74 Å². The predicted molar refractivity (Wildman–Crippen MR) is 81.3 cm³/mol. The van der Waals surface area contributed by atoms with Gasteiger partial charge in [0.1, 0.15) is 0 Å². The maximum atomic E-state index is 5.84. The molecule has 2 rings (SSSR count). The summed E-state index contributed by atoms with van der Waals surface area (Å²) in [6.45, 7) is 12.6. The Labute approximate surface area is 119 Å². The van der Waals surface area contributed by atoms with Crippen LogP contribution in [0.5, 0.6) is 0 Å². The first-order valence-corrected chi connectivity index (χ1v) is 8.27. The Morgan fingerprint density at radius 3 is 2.53 bits per heavy atom. The Bertz CT molecular complexity index is 287. The van der Waals surface area contributed by atoms with Crippen LogP contribution in [0.3, 0.4) is 0 Å². The smallest absolute Gasteiger partial charge is 0.0641 e. The summed E-state index contributed by atoms with van der Waals surface area (Å²) in [7, 11) is 0. The van der Waals surface area contributed by atoms with Crippen molar-refractivity contribution in [2.45, 2.75) is 84.4 Å². The monoisotopic (exact) mass is 267 g/mol. The van der Waals surface area contributed by atoms with E-state index in [1.165, 1.54) is 25.7 Å². The largest absolute Gasteiger partial charge is 0.375 e. The summed E-state index contributed by atoms with van der Waals surface area (Å²) < 4.78 is 5.84. The molecule has 0 radical (unpaired) electrons. The number of ether oxygens (including phenoxy) is 1. The normalized spacial score (nSPS) is 39.5. The summed E-state index contributed by atoms with van der Waals surface area (Å²) >= 11 is 0. The quantitative estimate of drug-likeness (QED) is 0.834. The third-order valence-corrected chi connectivity index (χ3v) is 5.17. The molecular formula is C17H33NO. The highest BCUT2D eigenvalue weighted by atomic mass is 16.5. The van der Waals surface area contributed by atoms with Gasteiger partial charge in [0.15, 0.2) is 0 Å². The van der Waals surface area contributed by atoms with Crippen LogP contribution >= 0.6 is 0 Å². The van der Waals surface area contributed by atoms with Gasteiger partial charge < -0.3 is 10.1 Å². The molecule has 2 nitrogen and oxygen atoms in total. The molecule has 2 fully saturated rings. The topological polar surface area (TPSA) is 21.3 Å². The molecule has 4 atom stereocenters. The molecule has 112 valence electrons. The van der Waals surface area contributed by atoms with Crippen molar-refractivity contribution in [3.8, 4) is 0 Å². The van der Waals surface area contributed by atoms with E-state index in [-0.39, 0.29) is 5.60 Å². The maximum Gasteiger partial charge on any atom is 0.0641 e. The number of nitrogens with one attached hydrogen (secondary N) is 1. The molecule has 1 aliphatic heterocycles. The molecule has 1 N–H and O–H groups in total. The second kappa shape index (κ2) is 6.13. The Hall–Kier alpha value is -0.0800. The highest BCUT2D eigenvalue weighted by Crippen LogP contribution is 2.35. The van der Waals surface area contributed by atoms with Crippen molar-refractivity contribution in [1.82, 2.24) is 5.32 Å². The molecule has 0 aromatic heterocycles. The summed E-state index contributed by atoms with van der Waals surface area (Å²) in [6.07, 6.45) is 6.52. The highest BCUT2D eigenvalue weighted by Gasteiger charge is 2.35. The SMILES string of the molecule is CC1CCC(C(C)C)C(NC2CCOC(C)(C)C2)C1. The van der Waals surface area contributed by atoms with Gasteiger partial charge in [0.2, 0.25) is 0 Å². The molecule has 0 spiro atoms. The van der Waals surface area contributed by atoms with E-state index in [2.05, 4.69) is 39.9 Å². The minimum atomic E-state index is 0.0591. The van der Waals surface area contributed by atoms with Gasteiger partial charge in [-0.05, 0) is 57.3 Å². The van der Waals surface area contributed by atoms with E-state index >= 15 is 0 Å². The minimum absolute atomic E-state index is 0.0591. The van der Waals surface area contributed by atoms with Crippen LogP contribution in [0.4, 0.5) is 0 Å². The van der Waals surface area contributed by atoms with Crippen LogP contribution in [0.15, 0.2) is 0 Å². The van der Waals surface area contributed by atoms with Crippen LogP contribution in [-0.4, -0.2) is 24.3 Å². The van der Waals surface area contributed by atoms with Gasteiger partial charge in [0.05, 0.1) is 5.60 Å². The summed E-state index contributed by atoms with van der Waals surface area (Å²) in [5, 5.41) is 4.00. The van der Waals surface area contributed by atoms with Crippen LogP contribution in [0, 0.1) is 17.8 Å². The molecule has 1 saturated heterocycles. The molecule has 0 bridgehead atoms. The van der Waals surface area contributed by atoms with Crippen molar-refractivity contribution in [2.75, 3.05) is 6.61 Å². The zero-order chi connectivity index (χ0) is 14.0. The Kier molecular flexibility index (Phi) is 4.94. The molecule has 0 amide bonds. The van der Waals surface area contributed by atoms with Gasteiger partial charge in [-0.15, -0.1) is 0 Å². The maximum absolute atomic E-state index is 5.84. The van der Waals surface area contributed by atoms with E-state index in [1.54, 1.807) is 0 Å². The van der Waals surface area contributed by atoms with E-state index in [0.29, 0.717) is 6.04 Å². The Morgan fingerprint density at radius 2 is 1.89 bits per heavy atom. The highest BCUT2D eigenvalue weighted by molar-refractivity contribution is 4.90. The Balaban J connectivity index is 1.94. The molecule has 1 saturated carbocycles. The van der Waals surface area contributed by atoms with Gasteiger partial charge in [-0.3, -0.25) is 0 Å². The molecule has 1 aliphatic carbocycles. The average Bonchev–Trinajstić information content (AvgIpc) is 2.27. The van der Waals surface area contributed by atoms with E-state index < -0.39 is 0 Å². The van der Waals surface area contributed by atoms with Gasteiger partial charge >= 0.3 is 0 Å². The van der Waals surface area contributed by atoms with Crippen LogP contribution in [0.25, 0.3) is 0 Å². The lowest BCUT2D eigenvalue weighted by Gasteiger charge is -2.43. The third kappa shape index (κ3) is 4.19. The predicted octanol–water partition coefficient (Wildman–Crippen LogP) is 3.99. The van der Waals surface area contributed by atoms with Gasteiger partial charge in [0.25, 0.3) is 0 Å². The van der Waals surface area contributed by atoms with E-state index in [1.807, 2.05) is 0 Å². The summed E-state index contributed by atoms with van der Waals surface area (Å²) in [4.78, 5) is 0. The van der Waals surface area contributed by atoms with Gasteiger partial charge in [-0.1, -0.05) is 27.2 Å². The fourth-order valence-corrected chi connectivity index (χ4v) is 4.07. The van der Waals surface area contributed by atoms with Crippen molar-refractivity contribution in [3.05, 3.63) is 0 Å². The molecule has 4 unspecified atom stereocenters. The standard InChI is InChI=1S/C17H33NO/c1-12(2)15-7-6-13(3)10-16(15)18-14-8-9-19-17(4,5)11-14/h12-16,18H,6-11H2,1-5H3. The number of hydrogen-bond acceptors (Lipinski definition) is 2. The molecule has 0 aromatic rings.